The van der Waals surface area contributed by atoms with Crippen molar-refractivity contribution in [3.05, 3.63) is 23.8 Å². The molecule has 4 nitrogen and oxygen atoms in total. The highest BCUT2D eigenvalue weighted by atomic mass is 35.5. The Labute approximate surface area is 135 Å². The van der Waals surface area contributed by atoms with Gasteiger partial charge >= 0.3 is 0 Å². The van der Waals surface area contributed by atoms with Crippen LogP contribution in [0.5, 0.6) is 11.5 Å². The summed E-state index contributed by atoms with van der Waals surface area (Å²) in [4.78, 5) is 1.75. The maximum Gasteiger partial charge on any atom is 0.258 e. The number of halogens is 4. The van der Waals surface area contributed by atoms with Crippen molar-refractivity contribution in [1.29, 1.82) is 0 Å². The molecule has 0 aromatic heterocycles. The second-order valence-electron chi connectivity index (χ2n) is 4.49. The zero-order chi connectivity index (χ0) is 13.8. The number of ether oxygens (including phenoxy) is 1. The minimum absolute atomic E-state index is 0. The van der Waals surface area contributed by atoms with Crippen molar-refractivity contribution < 1.29 is 18.6 Å². The minimum Gasteiger partial charge on any atom is -0.508 e. The number of rotatable bonds is 4. The number of piperazine rings is 1. The number of phenols is 1. The fourth-order valence-electron chi connectivity index (χ4n) is 2.40. The van der Waals surface area contributed by atoms with Gasteiger partial charge in [0.15, 0.2) is 0 Å². The Balaban J connectivity index is 0.00000200. The number of nitrogens with one attached hydrogen (secondary N) is 1. The third kappa shape index (κ3) is 4.85. The van der Waals surface area contributed by atoms with Crippen molar-refractivity contribution in [2.24, 2.45) is 0 Å². The second kappa shape index (κ2) is 9.25. The normalized spacial score (nSPS) is 16.8. The molecule has 0 aliphatic carbocycles. The minimum atomic E-state index is -2.50. The molecule has 1 aromatic carbocycles. The van der Waals surface area contributed by atoms with Gasteiger partial charge in [0.1, 0.15) is 11.5 Å². The first kappa shape index (κ1) is 20.2. The number of phenolic OH excluding ortho intramolecular Hbond substituents is 1. The summed E-state index contributed by atoms with van der Waals surface area (Å²) in [6.45, 7) is 2.53. The Morgan fingerprint density at radius 2 is 1.86 bits per heavy atom. The van der Waals surface area contributed by atoms with E-state index in [1.54, 1.807) is 4.90 Å². The lowest BCUT2D eigenvalue weighted by Gasteiger charge is -2.35. The highest BCUT2D eigenvalue weighted by molar-refractivity contribution is 5.85. The molecule has 122 valence electrons. The van der Waals surface area contributed by atoms with E-state index in [4.69, 9.17) is 4.74 Å². The molecule has 1 aliphatic rings. The smallest absolute Gasteiger partial charge is 0.258 e. The van der Waals surface area contributed by atoms with Gasteiger partial charge in [-0.1, -0.05) is 0 Å². The van der Waals surface area contributed by atoms with Gasteiger partial charge in [-0.25, -0.2) is 8.78 Å². The van der Waals surface area contributed by atoms with E-state index in [1.165, 1.54) is 25.3 Å². The molecule has 0 bridgehead atoms. The van der Waals surface area contributed by atoms with Gasteiger partial charge < -0.3 is 15.2 Å². The van der Waals surface area contributed by atoms with Gasteiger partial charge in [-0.05, 0) is 12.1 Å². The molecule has 0 saturated carbocycles. The summed E-state index contributed by atoms with van der Waals surface area (Å²) >= 11 is 0. The van der Waals surface area contributed by atoms with Crippen LogP contribution in [0.2, 0.25) is 0 Å². The van der Waals surface area contributed by atoms with Crippen LogP contribution in [-0.2, 0) is 0 Å². The Morgan fingerprint density at radius 3 is 2.38 bits per heavy atom. The first-order valence-electron chi connectivity index (χ1n) is 6.23. The maximum atomic E-state index is 13.4. The van der Waals surface area contributed by atoms with Crippen molar-refractivity contribution >= 4 is 24.8 Å². The molecular weight excluding hydrogens is 325 g/mol. The topological polar surface area (TPSA) is 44.7 Å². The largest absolute Gasteiger partial charge is 0.508 e. The average Bonchev–Trinajstić information content (AvgIpc) is 2.41. The third-order valence-corrected chi connectivity index (χ3v) is 3.32. The second-order valence-corrected chi connectivity index (χ2v) is 4.49. The summed E-state index contributed by atoms with van der Waals surface area (Å²) in [6.07, 6.45) is -2.50. The van der Waals surface area contributed by atoms with Crippen LogP contribution in [0.4, 0.5) is 8.78 Å². The van der Waals surface area contributed by atoms with E-state index in [0.29, 0.717) is 37.5 Å². The van der Waals surface area contributed by atoms with E-state index in [-0.39, 0.29) is 30.6 Å². The van der Waals surface area contributed by atoms with Crippen molar-refractivity contribution in [3.8, 4) is 11.5 Å². The molecule has 1 fully saturated rings. The molecule has 1 atom stereocenters. The van der Waals surface area contributed by atoms with Crippen LogP contribution in [0, 0.1) is 0 Å². The Morgan fingerprint density at radius 1 is 1.24 bits per heavy atom. The first-order chi connectivity index (χ1) is 9.13. The lowest BCUT2D eigenvalue weighted by atomic mass is 10.0. The Hall–Kier alpha value is -0.820. The molecule has 0 spiro atoms. The van der Waals surface area contributed by atoms with Crippen LogP contribution in [0.1, 0.15) is 11.6 Å². The SMILES string of the molecule is COc1cc(O)ccc1[C@@H](C(F)F)N1CCNCC1.Cl.Cl. The molecule has 8 heteroatoms. The van der Waals surface area contributed by atoms with Gasteiger partial charge in [0, 0.05) is 37.8 Å². The highest BCUT2D eigenvalue weighted by Crippen LogP contribution is 2.35. The zero-order valence-corrected chi connectivity index (χ0v) is 13.2. The maximum absolute atomic E-state index is 13.4. The molecular formula is C13H20Cl2F2N2O2. The number of methoxy groups -OCH3 is 1. The number of aromatic hydroxyl groups is 1. The Kier molecular flexibility index (Phi) is 8.89. The molecule has 1 saturated heterocycles. The van der Waals surface area contributed by atoms with Crippen molar-refractivity contribution in [2.45, 2.75) is 12.5 Å². The van der Waals surface area contributed by atoms with Crippen LogP contribution in [0.3, 0.4) is 0 Å². The molecule has 2 rings (SSSR count). The summed E-state index contributed by atoms with van der Waals surface area (Å²) in [6, 6.07) is 3.28. The zero-order valence-electron chi connectivity index (χ0n) is 11.6. The van der Waals surface area contributed by atoms with E-state index in [9.17, 15) is 13.9 Å². The Bertz CT molecular complexity index is 433. The molecule has 2 N–H and O–H groups in total. The van der Waals surface area contributed by atoms with Crippen molar-refractivity contribution in [3.63, 3.8) is 0 Å². The average molecular weight is 345 g/mol. The van der Waals surface area contributed by atoms with Crippen LogP contribution in [0.25, 0.3) is 0 Å². The number of hydrogen-bond donors (Lipinski definition) is 2. The van der Waals surface area contributed by atoms with E-state index in [0.717, 1.165) is 0 Å². The summed E-state index contributed by atoms with van der Waals surface area (Å²) < 4.78 is 31.9. The molecule has 1 aliphatic heterocycles. The van der Waals surface area contributed by atoms with E-state index >= 15 is 0 Å². The van der Waals surface area contributed by atoms with Crippen molar-refractivity contribution in [1.82, 2.24) is 10.2 Å². The number of benzene rings is 1. The van der Waals surface area contributed by atoms with Gasteiger partial charge in [-0.3, -0.25) is 4.90 Å². The van der Waals surface area contributed by atoms with E-state index in [2.05, 4.69) is 5.32 Å². The number of hydrogen-bond acceptors (Lipinski definition) is 4. The van der Waals surface area contributed by atoms with E-state index < -0.39 is 12.5 Å². The van der Waals surface area contributed by atoms with Crippen LogP contribution in [-0.4, -0.2) is 49.7 Å². The van der Waals surface area contributed by atoms with Gasteiger partial charge in [-0.2, -0.15) is 0 Å². The molecule has 0 unspecified atom stereocenters. The lowest BCUT2D eigenvalue weighted by Crippen LogP contribution is -2.47. The third-order valence-electron chi connectivity index (χ3n) is 3.32. The quantitative estimate of drug-likeness (QED) is 0.880. The summed E-state index contributed by atoms with van der Waals surface area (Å²) in [5.41, 5.74) is 0.414. The van der Waals surface area contributed by atoms with Gasteiger partial charge in [0.25, 0.3) is 6.43 Å². The van der Waals surface area contributed by atoms with Crippen LogP contribution in [0.15, 0.2) is 18.2 Å². The van der Waals surface area contributed by atoms with Crippen LogP contribution >= 0.6 is 24.8 Å². The predicted octanol–water partition coefficient (Wildman–Crippen LogP) is 2.46. The summed E-state index contributed by atoms with van der Waals surface area (Å²) in [5.74, 6) is 0.303. The number of nitrogens with zero attached hydrogens (tertiary/aromatic N) is 1. The predicted molar refractivity (Wildman–Crippen MR) is 82.3 cm³/mol. The first-order valence-corrected chi connectivity index (χ1v) is 6.23. The summed E-state index contributed by atoms with van der Waals surface area (Å²) in [7, 11) is 1.42. The lowest BCUT2D eigenvalue weighted by molar-refractivity contribution is 0.0170. The standard InChI is InChI=1S/C13H18F2N2O2.2ClH/c1-19-11-8-9(18)2-3-10(11)12(13(14)15)17-6-4-16-5-7-17;;/h2-3,8,12-13,16,18H,4-7H2,1H3;2*1H/t12-;;/m0../s1. The van der Waals surface area contributed by atoms with Gasteiger partial charge in [0.2, 0.25) is 0 Å². The molecule has 0 radical (unpaired) electrons. The summed E-state index contributed by atoms with van der Waals surface area (Å²) in [5, 5.41) is 12.5. The fraction of sp³-hybridized carbons (Fsp3) is 0.538. The molecule has 1 aromatic rings. The highest BCUT2D eigenvalue weighted by Gasteiger charge is 2.32. The fourth-order valence-corrected chi connectivity index (χ4v) is 2.40. The molecule has 21 heavy (non-hydrogen) atoms. The number of alkyl halides is 2. The monoisotopic (exact) mass is 344 g/mol. The van der Waals surface area contributed by atoms with Crippen LogP contribution < -0.4 is 10.1 Å². The van der Waals surface area contributed by atoms with Gasteiger partial charge in [0.05, 0.1) is 13.2 Å². The molecule has 1 heterocycles. The van der Waals surface area contributed by atoms with Crippen molar-refractivity contribution in [2.75, 3.05) is 33.3 Å². The van der Waals surface area contributed by atoms with E-state index in [1.807, 2.05) is 0 Å². The van der Waals surface area contributed by atoms with Gasteiger partial charge in [-0.15, -0.1) is 24.8 Å². The molecule has 0 amide bonds.